The van der Waals surface area contributed by atoms with Crippen LogP contribution >= 0.6 is 23.2 Å². The average molecular weight is 365 g/mol. The van der Waals surface area contributed by atoms with Crippen molar-refractivity contribution in [2.24, 2.45) is 5.16 Å². The van der Waals surface area contributed by atoms with Crippen molar-refractivity contribution >= 4 is 29.4 Å². The Morgan fingerprint density at radius 1 is 1.17 bits per heavy atom. The minimum atomic E-state index is -0.309. The smallest absolute Gasteiger partial charge is 0.235 e. The van der Waals surface area contributed by atoms with Crippen molar-refractivity contribution in [2.45, 2.75) is 6.61 Å². The largest absolute Gasteiger partial charge is 0.437 e. The zero-order valence-corrected chi connectivity index (χ0v) is 13.8. The molecular weight excluding hydrogens is 354 g/mol. The fourth-order valence-corrected chi connectivity index (χ4v) is 2.29. The summed E-state index contributed by atoms with van der Waals surface area (Å²) in [5.74, 6) is 0.565. The third kappa shape index (κ3) is 3.93. The molecule has 0 radical (unpaired) electrons. The van der Waals surface area contributed by atoms with E-state index in [1.165, 1.54) is 18.3 Å². The van der Waals surface area contributed by atoms with E-state index in [0.29, 0.717) is 27.3 Å². The minimum Gasteiger partial charge on any atom is -0.437 e. The second-order valence-electron chi connectivity index (χ2n) is 4.78. The molecule has 0 N–H and O–H groups in total. The molecule has 0 aliphatic rings. The van der Waals surface area contributed by atoms with Crippen LogP contribution in [0.25, 0.3) is 11.3 Å². The highest BCUT2D eigenvalue weighted by Gasteiger charge is 2.07. The Kier molecular flexibility index (Phi) is 5.13. The second kappa shape index (κ2) is 7.47. The van der Waals surface area contributed by atoms with Crippen LogP contribution in [0.5, 0.6) is 0 Å². The SMILES string of the molecule is Fc1ccc(-c2cnc(CO/N=C\c3cccc(Cl)c3Cl)o2)cc1. The normalized spacial score (nSPS) is 11.1. The van der Waals surface area contributed by atoms with Gasteiger partial charge in [-0.3, -0.25) is 0 Å². The summed E-state index contributed by atoms with van der Waals surface area (Å²) >= 11 is 11.9. The van der Waals surface area contributed by atoms with Crippen LogP contribution in [-0.4, -0.2) is 11.2 Å². The predicted octanol–water partition coefficient (Wildman–Crippen LogP) is 5.34. The molecule has 0 saturated carbocycles. The van der Waals surface area contributed by atoms with Gasteiger partial charge >= 0.3 is 0 Å². The molecule has 0 spiro atoms. The highest BCUT2D eigenvalue weighted by atomic mass is 35.5. The molecule has 0 aliphatic heterocycles. The van der Waals surface area contributed by atoms with E-state index in [2.05, 4.69) is 10.1 Å². The van der Waals surface area contributed by atoms with E-state index in [1.807, 2.05) is 0 Å². The fraction of sp³-hybridized carbons (Fsp3) is 0.0588. The van der Waals surface area contributed by atoms with Crippen LogP contribution in [0.2, 0.25) is 10.0 Å². The molecule has 7 heteroatoms. The third-order valence-corrected chi connectivity index (χ3v) is 3.95. The molecular formula is C17H11Cl2FN2O2. The standard InChI is InChI=1S/C17H11Cl2FN2O2/c18-14-3-1-2-12(17(14)19)8-22-23-10-16-21-9-15(24-16)11-4-6-13(20)7-5-11/h1-9H,10H2/b22-8-. The summed E-state index contributed by atoms with van der Waals surface area (Å²) in [7, 11) is 0. The number of hydrogen-bond acceptors (Lipinski definition) is 4. The first-order valence-electron chi connectivity index (χ1n) is 6.93. The summed E-state index contributed by atoms with van der Waals surface area (Å²) in [5, 5.41) is 4.66. The first-order valence-corrected chi connectivity index (χ1v) is 7.69. The summed E-state index contributed by atoms with van der Waals surface area (Å²) in [4.78, 5) is 9.22. The number of nitrogens with zero attached hydrogens (tertiary/aromatic N) is 2. The van der Waals surface area contributed by atoms with Crippen molar-refractivity contribution in [1.82, 2.24) is 4.98 Å². The summed E-state index contributed by atoms with van der Waals surface area (Å²) in [6.45, 7) is 0.0515. The van der Waals surface area contributed by atoms with Gasteiger partial charge in [-0.05, 0) is 30.3 Å². The van der Waals surface area contributed by atoms with Crippen LogP contribution in [0, 0.1) is 5.82 Å². The van der Waals surface area contributed by atoms with Crippen LogP contribution in [-0.2, 0) is 11.4 Å². The summed E-state index contributed by atoms with van der Waals surface area (Å²) in [5.41, 5.74) is 1.37. The Hall–Kier alpha value is -2.37. The van der Waals surface area contributed by atoms with Crippen LogP contribution in [0.1, 0.15) is 11.5 Å². The molecule has 4 nitrogen and oxygen atoms in total. The van der Waals surface area contributed by atoms with Crippen molar-refractivity contribution in [3.63, 3.8) is 0 Å². The van der Waals surface area contributed by atoms with Gasteiger partial charge in [0.25, 0.3) is 0 Å². The van der Waals surface area contributed by atoms with Gasteiger partial charge in [0, 0.05) is 11.1 Å². The van der Waals surface area contributed by atoms with Gasteiger partial charge in [0.05, 0.1) is 22.5 Å². The number of aromatic nitrogens is 1. The lowest BCUT2D eigenvalue weighted by Crippen LogP contribution is -1.89. The van der Waals surface area contributed by atoms with Gasteiger partial charge < -0.3 is 9.25 Å². The van der Waals surface area contributed by atoms with Crippen molar-refractivity contribution < 1.29 is 13.6 Å². The molecule has 1 heterocycles. The minimum absolute atomic E-state index is 0.0515. The molecule has 3 rings (SSSR count). The highest BCUT2D eigenvalue weighted by molar-refractivity contribution is 6.43. The Labute approximate surface area is 147 Å². The second-order valence-corrected chi connectivity index (χ2v) is 5.56. The van der Waals surface area contributed by atoms with Crippen LogP contribution in [0.3, 0.4) is 0 Å². The lowest BCUT2D eigenvalue weighted by atomic mass is 10.2. The Balaban J connectivity index is 1.60. The number of rotatable bonds is 5. The van der Waals surface area contributed by atoms with Gasteiger partial charge in [-0.15, -0.1) is 0 Å². The van der Waals surface area contributed by atoms with E-state index in [4.69, 9.17) is 32.5 Å². The molecule has 24 heavy (non-hydrogen) atoms. The van der Waals surface area contributed by atoms with E-state index >= 15 is 0 Å². The number of hydrogen-bond donors (Lipinski definition) is 0. The number of oxime groups is 1. The monoisotopic (exact) mass is 364 g/mol. The van der Waals surface area contributed by atoms with E-state index < -0.39 is 0 Å². The maximum atomic E-state index is 12.9. The topological polar surface area (TPSA) is 47.6 Å². The molecule has 0 atom stereocenters. The molecule has 0 unspecified atom stereocenters. The van der Waals surface area contributed by atoms with Crippen molar-refractivity contribution in [1.29, 1.82) is 0 Å². The van der Waals surface area contributed by atoms with Gasteiger partial charge in [0.15, 0.2) is 12.4 Å². The quantitative estimate of drug-likeness (QED) is 0.453. The van der Waals surface area contributed by atoms with E-state index in [1.54, 1.807) is 36.5 Å². The lowest BCUT2D eigenvalue weighted by molar-refractivity contribution is 0.113. The van der Waals surface area contributed by atoms with Gasteiger partial charge in [-0.25, -0.2) is 9.37 Å². The van der Waals surface area contributed by atoms with Crippen molar-refractivity contribution in [3.05, 3.63) is 76.0 Å². The van der Waals surface area contributed by atoms with Gasteiger partial charge in [0.1, 0.15) is 5.82 Å². The molecule has 0 bridgehead atoms. The summed E-state index contributed by atoms with van der Waals surface area (Å²) in [6.07, 6.45) is 3.00. The first kappa shape index (κ1) is 16.5. The average Bonchev–Trinajstić information content (AvgIpc) is 3.05. The molecule has 2 aromatic carbocycles. The molecule has 0 saturated heterocycles. The summed E-state index contributed by atoms with van der Waals surface area (Å²) < 4.78 is 18.4. The number of benzene rings is 2. The summed E-state index contributed by atoms with van der Waals surface area (Å²) in [6, 6.07) is 11.1. The van der Waals surface area contributed by atoms with Gasteiger partial charge in [0.2, 0.25) is 5.89 Å². The Morgan fingerprint density at radius 2 is 1.96 bits per heavy atom. The van der Waals surface area contributed by atoms with Gasteiger partial charge in [-0.1, -0.05) is 40.5 Å². The van der Waals surface area contributed by atoms with Crippen LogP contribution in [0.15, 0.2) is 58.2 Å². The Bertz CT molecular complexity index is 863. The van der Waals surface area contributed by atoms with Crippen LogP contribution in [0.4, 0.5) is 4.39 Å². The number of halogens is 3. The molecule has 0 aliphatic carbocycles. The number of oxazole rings is 1. The molecule has 0 fully saturated rings. The van der Waals surface area contributed by atoms with E-state index in [0.717, 1.165) is 5.56 Å². The predicted molar refractivity (Wildman–Crippen MR) is 90.7 cm³/mol. The molecule has 1 aromatic heterocycles. The zero-order chi connectivity index (χ0) is 16.9. The van der Waals surface area contributed by atoms with Crippen LogP contribution < -0.4 is 0 Å². The Morgan fingerprint density at radius 3 is 2.75 bits per heavy atom. The maximum Gasteiger partial charge on any atom is 0.235 e. The highest BCUT2D eigenvalue weighted by Crippen LogP contribution is 2.24. The third-order valence-electron chi connectivity index (χ3n) is 3.12. The van der Waals surface area contributed by atoms with Gasteiger partial charge in [-0.2, -0.15) is 0 Å². The van der Waals surface area contributed by atoms with E-state index in [9.17, 15) is 4.39 Å². The van der Waals surface area contributed by atoms with Crippen molar-refractivity contribution in [3.8, 4) is 11.3 Å². The molecule has 3 aromatic rings. The van der Waals surface area contributed by atoms with E-state index in [-0.39, 0.29) is 12.4 Å². The first-order chi connectivity index (χ1) is 11.6. The van der Waals surface area contributed by atoms with Crippen molar-refractivity contribution in [2.75, 3.05) is 0 Å². The molecule has 0 amide bonds. The zero-order valence-electron chi connectivity index (χ0n) is 12.2. The maximum absolute atomic E-state index is 12.9. The molecule has 122 valence electrons. The fourth-order valence-electron chi connectivity index (χ4n) is 1.93. The lowest BCUT2D eigenvalue weighted by Gasteiger charge is -1.99.